The Labute approximate surface area is 126 Å². The molecule has 0 atom stereocenters. The lowest BCUT2D eigenvalue weighted by molar-refractivity contribution is -0.383. The van der Waals surface area contributed by atoms with E-state index in [2.05, 4.69) is 4.98 Å². The predicted molar refractivity (Wildman–Crippen MR) is 71.8 cm³/mol. The van der Waals surface area contributed by atoms with E-state index in [1.165, 1.54) is 4.57 Å². The molecule has 0 spiro atoms. The molecule has 0 aliphatic carbocycles. The van der Waals surface area contributed by atoms with E-state index in [-0.39, 0.29) is 22.4 Å². The zero-order chi connectivity index (χ0) is 16.1. The summed E-state index contributed by atoms with van der Waals surface area (Å²) in [5, 5.41) is 10.1. The van der Waals surface area contributed by atoms with E-state index < -0.39 is 27.4 Å². The van der Waals surface area contributed by atoms with Crippen molar-refractivity contribution in [3.05, 3.63) is 32.1 Å². The fourth-order valence-electron chi connectivity index (χ4n) is 2.03. The van der Waals surface area contributed by atoms with Crippen molar-refractivity contribution in [1.29, 1.82) is 0 Å². The van der Waals surface area contributed by atoms with E-state index in [0.29, 0.717) is 6.07 Å². The van der Waals surface area contributed by atoms with Crippen LogP contribution in [0.25, 0.3) is 11.0 Å². The molecule has 10 heteroatoms. The minimum atomic E-state index is -4.83. The molecule has 0 saturated heterocycles. The highest BCUT2D eigenvalue weighted by atomic mass is 35.5. The van der Waals surface area contributed by atoms with Crippen LogP contribution in [0.2, 0.25) is 10.3 Å². The highest BCUT2D eigenvalue weighted by molar-refractivity contribution is 6.35. The number of nitrogens with zero attached hydrogens (tertiary/aromatic N) is 3. The lowest BCUT2D eigenvalue weighted by Crippen LogP contribution is -2.09. The molecule has 1 aromatic carbocycles. The van der Waals surface area contributed by atoms with Crippen molar-refractivity contribution in [2.45, 2.75) is 26.1 Å². The number of imidazole rings is 1. The van der Waals surface area contributed by atoms with Gasteiger partial charge in [0.25, 0.3) is 0 Å². The average Bonchev–Trinajstić information content (AvgIpc) is 2.61. The van der Waals surface area contributed by atoms with Crippen LogP contribution in [0.3, 0.4) is 0 Å². The molecule has 0 amide bonds. The van der Waals surface area contributed by atoms with Crippen LogP contribution in [0.4, 0.5) is 18.9 Å². The van der Waals surface area contributed by atoms with E-state index in [0.717, 1.165) is 0 Å². The van der Waals surface area contributed by atoms with Gasteiger partial charge >= 0.3 is 11.9 Å². The molecule has 0 fully saturated rings. The molecular weight excluding hydrogens is 334 g/mol. The Balaban J connectivity index is 3.01. The molecule has 2 rings (SSSR count). The largest absolute Gasteiger partial charge is 0.418 e. The minimum absolute atomic E-state index is 0.127. The van der Waals surface area contributed by atoms with Gasteiger partial charge in [-0.15, -0.1) is 0 Å². The molecule has 0 N–H and O–H groups in total. The maximum atomic E-state index is 12.9. The van der Waals surface area contributed by atoms with Crippen molar-refractivity contribution in [3.63, 3.8) is 0 Å². The summed E-state index contributed by atoms with van der Waals surface area (Å²) in [6, 6.07) is 0.323. The molecule has 2 aromatic rings. The number of benzene rings is 1. The van der Waals surface area contributed by atoms with Crippen LogP contribution in [0.1, 0.15) is 25.5 Å². The summed E-state index contributed by atoms with van der Waals surface area (Å²) in [6.07, 6.45) is -4.83. The number of fused-ring (bicyclic) bond motifs is 1. The third-order valence-electron chi connectivity index (χ3n) is 2.85. The molecule has 0 unspecified atom stereocenters. The summed E-state index contributed by atoms with van der Waals surface area (Å²) in [7, 11) is 0. The van der Waals surface area contributed by atoms with Gasteiger partial charge in [-0.05, 0) is 31.5 Å². The van der Waals surface area contributed by atoms with Gasteiger partial charge in [-0.1, -0.05) is 11.6 Å². The first-order valence-electron chi connectivity index (χ1n) is 5.67. The van der Waals surface area contributed by atoms with Crippen LogP contribution in [0, 0.1) is 10.1 Å². The molecular formula is C11H8Cl2F3N3O2. The van der Waals surface area contributed by atoms with Crippen LogP contribution < -0.4 is 0 Å². The summed E-state index contributed by atoms with van der Waals surface area (Å²) < 4.78 is 40.0. The number of rotatable bonds is 2. The van der Waals surface area contributed by atoms with Crippen LogP contribution >= 0.6 is 23.2 Å². The Bertz CT molecular complexity index is 741. The normalized spacial score (nSPS) is 12.4. The summed E-state index contributed by atoms with van der Waals surface area (Å²) in [5.74, 6) is 0. The smallest absolute Gasteiger partial charge is 0.306 e. The van der Waals surface area contributed by atoms with Gasteiger partial charge in [0.05, 0.1) is 16.0 Å². The first kappa shape index (κ1) is 15.8. The van der Waals surface area contributed by atoms with Crippen LogP contribution in [0.5, 0.6) is 0 Å². The number of alkyl halides is 3. The number of hydrogen-bond donors (Lipinski definition) is 0. The van der Waals surface area contributed by atoms with E-state index in [1.807, 2.05) is 0 Å². The number of nitro groups is 1. The second kappa shape index (κ2) is 5.03. The summed E-state index contributed by atoms with van der Waals surface area (Å²) >= 11 is 11.5. The number of hydrogen-bond acceptors (Lipinski definition) is 3. The lowest BCUT2D eigenvalue weighted by Gasteiger charge is -2.12. The van der Waals surface area contributed by atoms with Crippen LogP contribution in [0.15, 0.2) is 6.07 Å². The van der Waals surface area contributed by atoms with Crippen molar-refractivity contribution >= 4 is 39.9 Å². The van der Waals surface area contributed by atoms with Crippen molar-refractivity contribution in [3.8, 4) is 0 Å². The SMILES string of the molecule is CC(C)n1c(Cl)nc2cc(C(F)(F)F)c(Cl)c([N+](=O)[O-])c21. The summed E-state index contributed by atoms with van der Waals surface area (Å²) in [5.41, 5.74) is -2.52. The number of halogens is 5. The van der Waals surface area contributed by atoms with Crippen LogP contribution in [-0.2, 0) is 6.18 Å². The Hall–Kier alpha value is -1.54. The summed E-state index contributed by atoms with van der Waals surface area (Å²) in [4.78, 5) is 14.0. The minimum Gasteiger partial charge on any atom is -0.306 e. The van der Waals surface area contributed by atoms with Crippen LogP contribution in [-0.4, -0.2) is 14.5 Å². The number of nitro benzene ring substituents is 1. The molecule has 0 aliphatic heterocycles. The topological polar surface area (TPSA) is 61.0 Å². The Morgan fingerprint density at radius 2 is 1.95 bits per heavy atom. The van der Waals surface area contributed by atoms with Gasteiger partial charge < -0.3 is 4.57 Å². The van der Waals surface area contributed by atoms with Crippen molar-refractivity contribution in [2.24, 2.45) is 0 Å². The van der Waals surface area contributed by atoms with Gasteiger partial charge in [-0.25, -0.2) is 4.98 Å². The molecule has 5 nitrogen and oxygen atoms in total. The van der Waals surface area contributed by atoms with E-state index in [4.69, 9.17) is 23.2 Å². The monoisotopic (exact) mass is 341 g/mol. The van der Waals surface area contributed by atoms with E-state index in [1.54, 1.807) is 13.8 Å². The van der Waals surface area contributed by atoms with Crippen molar-refractivity contribution in [2.75, 3.05) is 0 Å². The molecule has 0 aliphatic rings. The van der Waals surface area contributed by atoms with Gasteiger partial charge in [-0.3, -0.25) is 10.1 Å². The third kappa shape index (κ3) is 2.53. The summed E-state index contributed by atoms with van der Waals surface area (Å²) in [6.45, 7) is 3.34. The predicted octanol–water partition coefficient (Wildman–Crippen LogP) is 4.85. The fraction of sp³-hybridized carbons (Fsp3) is 0.364. The average molecular weight is 342 g/mol. The van der Waals surface area contributed by atoms with Gasteiger partial charge in [-0.2, -0.15) is 13.2 Å². The fourth-order valence-corrected chi connectivity index (χ4v) is 2.72. The Kier molecular flexibility index (Phi) is 3.79. The maximum absolute atomic E-state index is 12.9. The van der Waals surface area contributed by atoms with E-state index in [9.17, 15) is 23.3 Å². The zero-order valence-corrected chi connectivity index (χ0v) is 12.2. The Morgan fingerprint density at radius 1 is 1.38 bits per heavy atom. The molecule has 0 bridgehead atoms. The lowest BCUT2D eigenvalue weighted by atomic mass is 10.1. The van der Waals surface area contributed by atoms with Gasteiger partial charge in [0.1, 0.15) is 10.5 Å². The highest BCUT2D eigenvalue weighted by Gasteiger charge is 2.39. The van der Waals surface area contributed by atoms with E-state index >= 15 is 0 Å². The zero-order valence-electron chi connectivity index (χ0n) is 10.7. The molecule has 1 aromatic heterocycles. The quantitative estimate of drug-likeness (QED) is 0.579. The maximum Gasteiger partial charge on any atom is 0.418 e. The second-order valence-electron chi connectivity index (χ2n) is 4.55. The van der Waals surface area contributed by atoms with Crippen molar-refractivity contribution in [1.82, 2.24) is 9.55 Å². The number of aromatic nitrogens is 2. The standard InChI is InChI=1S/C11H8Cl2F3N3O2/c1-4(2)18-8-6(17-10(18)13)3-5(11(14,15)16)7(12)9(8)19(20)21/h3-4H,1-2H3. The van der Waals surface area contributed by atoms with Gasteiger partial charge in [0.15, 0.2) is 0 Å². The molecule has 1 heterocycles. The Morgan fingerprint density at radius 3 is 2.38 bits per heavy atom. The first-order valence-corrected chi connectivity index (χ1v) is 6.42. The van der Waals surface area contributed by atoms with Gasteiger partial charge in [0.2, 0.25) is 5.28 Å². The highest BCUT2D eigenvalue weighted by Crippen LogP contribution is 2.44. The molecule has 114 valence electrons. The second-order valence-corrected chi connectivity index (χ2v) is 5.27. The van der Waals surface area contributed by atoms with Crippen molar-refractivity contribution < 1.29 is 18.1 Å². The van der Waals surface area contributed by atoms with Gasteiger partial charge in [0, 0.05) is 6.04 Å². The molecule has 0 saturated carbocycles. The first-order chi connectivity index (χ1) is 9.55. The third-order valence-corrected chi connectivity index (χ3v) is 3.50. The molecule has 0 radical (unpaired) electrons. The molecule has 21 heavy (non-hydrogen) atoms.